The number of furan rings is 1. The molecule has 7 nitrogen and oxygen atoms in total. The normalized spacial score (nSPS) is 15.6. The summed E-state index contributed by atoms with van der Waals surface area (Å²) in [5.41, 5.74) is 1.43. The van der Waals surface area contributed by atoms with Gasteiger partial charge in [-0.2, -0.15) is 5.26 Å². The second-order valence-electron chi connectivity index (χ2n) is 6.70. The van der Waals surface area contributed by atoms with Gasteiger partial charge in [0.1, 0.15) is 18.2 Å². The van der Waals surface area contributed by atoms with Crippen molar-refractivity contribution in [2.24, 2.45) is 0 Å². The molecule has 3 rings (SSSR count). The van der Waals surface area contributed by atoms with Gasteiger partial charge in [-0.25, -0.2) is 9.18 Å². The lowest BCUT2D eigenvalue weighted by molar-refractivity contribution is -0.138. The number of rotatable bonds is 8. The summed E-state index contributed by atoms with van der Waals surface area (Å²) >= 11 is 1.11. The summed E-state index contributed by atoms with van der Waals surface area (Å²) in [5.74, 6) is -1.72. The summed E-state index contributed by atoms with van der Waals surface area (Å²) in [7, 11) is 0. The summed E-state index contributed by atoms with van der Waals surface area (Å²) in [6, 6.07) is 10.9. The lowest BCUT2D eigenvalue weighted by Gasteiger charge is -2.27. The number of hydrogen-bond acceptors (Lipinski definition) is 7. The molecule has 1 aliphatic heterocycles. The molecule has 2 heterocycles. The van der Waals surface area contributed by atoms with E-state index in [1.54, 1.807) is 19.1 Å². The molecular weight excluding hydrogens is 433 g/mol. The monoisotopic (exact) mass is 453 g/mol. The molecule has 164 valence electrons. The highest BCUT2D eigenvalue weighted by atomic mass is 32.2. The minimum atomic E-state index is -0.781. The van der Waals surface area contributed by atoms with E-state index in [1.807, 2.05) is 0 Å². The molecule has 32 heavy (non-hydrogen) atoms. The highest BCUT2D eigenvalue weighted by molar-refractivity contribution is 8.03. The fraction of sp³-hybridized carbons (Fsp3) is 0.174. The van der Waals surface area contributed by atoms with Gasteiger partial charge < -0.3 is 19.8 Å². The van der Waals surface area contributed by atoms with Crippen LogP contribution in [-0.2, 0) is 14.3 Å². The third kappa shape index (κ3) is 5.28. The number of dihydropyridines is 1. The highest BCUT2D eigenvalue weighted by Crippen LogP contribution is 2.41. The smallest absolute Gasteiger partial charge is 0.337 e. The van der Waals surface area contributed by atoms with Crippen molar-refractivity contribution in [2.45, 2.75) is 12.8 Å². The van der Waals surface area contributed by atoms with Crippen LogP contribution in [0.2, 0.25) is 0 Å². The molecule has 1 aromatic heterocycles. The van der Waals surface area contributed by atoms with Crippen LogP contribution in [0.15, 0.2) is 81.6 Å². The summed E-state index contributed by atoms with van der Waals surface area (Å²) in [6.45, 7) is 5.25. The number of thioether (sulfide) groups is 1. The molecule has 0 radical (unpaired) electrons. The largest absolute Gasteiger partial charge is 0.468 e. The molecule has 0 spiro atoms. The molecule has 0 aliphatic carbocycles. The number of carbonyl (C=O) groups is 2. The van der Waals surface area contributed by atoms with Crippen molar-refractivity contribution in [1.29, 1.82) is 5.26 Å². The third-order valence-electron chi connectivity index (χ3n) is 4.50. The number of amides is 1. The molecule has 9 heteroatoms. The molecule has 0 unspecified atom stereocenters. The minimum absolute atomic E-state index is 0.0146. The van der Waals surface area contributed by atoms with Crippen LogP contribution >= 0.6 is 11.8 Å². The van der Waals surface area contributed by atoms with Crippen molar-refractivity contribution < 1.29 is 23.1 Å². The van der Waals surface area contributed by atoms with Gasteiger partial charge in [0.15, 0.2) is 0 Å². The quantitative estimate of drug-likeness (QED) is 0.456. The van der Waals surface area contributed by atoms with Gasteiger partial charge in [-0.15, -0.1) is 0 Å². The number of ether oxygens (including phenoxy) is 1. The average Bonchev–Trinajstić information content (AvgIpc) is 3.31. The van der Waals surface area contributed by atoms with E-state index < -0.39 is 17.7 Å². The number of nitriles is 1. The Morgan fingerprint density at radius 3 is 2.75 bits per heavy atom. The molecule has 1 atom stereocenters. The Morgan fingerprint density at radius 1 is 1.38 bits per heavy atom. The SMILES string of the molecule is C=CCOC(=O)C1=C(C)NC(SCC(=O)Nc2ccc(F)cc2)=C(C#N)[C@@H]1c1ccco1. The van der Waals surface area contributed by atoms with Crippen molar-refractivity contribution in [2.75, 3.05) is 17.7 Å². The van der Waals surface area contributed by atoms with Crippen LogP contribution < -0.4 is 10.6 Å². The molecule has 0 bridgehead atoms. The van der Waals surface area contributed by atoms with Gasteiger partial charge >= 0.3 is 5.97 Å². The molecule has 2 aromatic rings. The van der Waals surface area contributed by atoms with Crippen LogP contribution in [0.5, 0.6) is 0 Å². The van der Waals surface area contributed by atoms with Crippen LogP contribution in [0.25, 0.3) is 0 Å². The first kappa shape index (κ1) is 22.9. The number of nitrogens with one attached hydrogen (secondary N) is 2. The highest BCUT2D eigenvalue weighted by Gasteiger charge is 2.37. The van der Waals surface area contributed by atoms with Crippen LogP contribution in [-0.4, -0.2) is 24.2 Å². The van der Waals surface area contributed by atoms with Crippen LogP contribution in [0, 0.1) is 17.1 Å². The van der Waals surface area contributed by atoms with Crippen molar-refractivity contribution in [3.05, 3.63) is 88.8 Å². The number of halogens is 1. The number of anilines is 1. The van der Waals surface area contributed by atoms with Crippen LogP contribution in [0.4, 0.5) is 10.1 Å². The van der Waals surface area contributed by atoms with Gasteiger partial charge in [0.25, 0.3) is 0 Å². The lowest BCUT2D eigenvalue weighted by Crippen LogP contribution is -2.29. The second kappa shape index (κ2) is 10.5. The van der Waals surface area contributed by atoms with Gasteiger partial charge in [0.2, 0.25) is 5.91 Å². The topological polar surface area (TPSA) is 104 Å². The van der Waals surface area contributed by atoms with Gasteiger partial charge in [-0.3, -0.25) is 4.79 Å². The van der Waals surface area contributed by atoms with E-state index in [4.69, 9.17) is 9.15 Å². The average molecular weight is 453 g/mol. The van der Waals surface area contributed by atoms with Crippen molar-refractivity contribution in [3.8, 4) is 6.07 Å². The molecule has 1 aromatic carbocycles. The molecule has 0 fully saturated rings. The zero-order chi connectivity index (χ0) is 23.1. The number of carbonyl (C=O) groups excluding carboxylic acids is 2. The Balaban J connectivity index is 1.83. The first-order valence-electron chi connectivity index (χ1n) is 9.56. The predicted molar refractivity (Wildman–Crippen MR) is 119 cm³/mol. The van der Waals surface area contributed by atoms with Crippen molar-refractivity contribution in [1.82, 2.24) is 5.32 Å². The number of hydrogen-bond donors (Lipinski definition) is 2. The fourth-order valence-corrected chi connectivity index (χ4v) is 4.01. The Kier molecular flexibility index (Phi) is 7.52. The summed E-state index contributed by atoms with van der Waals surface area (Å²) in [4.78, 5) is 25.0. The number of nitrogens with zero attached hydrogens (tertiary/aromatic N) is 1. The van der Waals surface area contributed by atoms with E-state index in [9.17, 15) is 19.2 Å². The van der Waals surface area contributed by atoms with E-state index in [-0.39, 0.29) is 29.4 Å². The number of benzene rings is 1. The molecule has 0 saturated carbocycles. The van der Waals surface area contributed by atoms with Gasteiger partial charge in [-0.1, -0.05) is 24.4 Å². The van der Waals surface area contributed by atoms with E-state index >= 15 is 0 Å². The maximum Gasteiger partial charge on any atom is 0.337 e. The lowest BCUT2D eigenvalue weighted by atomic mass is 9.86. The first-order valence-corrected chi connectivity index (χ1v) is 10.5. The molecule has 2 N–H and O–H groups in total. The zero-order valence-corrected chi connectivity index (χ0v) is 18.0. The maximum atomic E-state index is 13.0. The second-order valence-corrected chi connectivity index (χ2v) is 7.68. The predicted octanol–water partition coefficient (Wildman–Crippen LogP) is 4.22. The maximum absolute atomic E-state index is 13.0. The standard InChI is InChI=1S/C23H20FN3O4S/c1-3-10-31-23(29)20-14(2)26-22(17(12-25)21(20)18-5-4-11-30-18)32-13-19(28)27-16-8-6-15(24)7-9-16/h3-9,11,21,26H,1,10,13H2,2H3,(H,27,28)/t21-/m1/s1. The molecule has 1 amide bonds. The van der Waals surface area contributed by atoms with E-state index in [2.05, 4.69) is 23.3 Å². The van der Waals surface area contributed by atoms with Gasteiger partial charge in [-0.05, 0) is 43.3 Å². The van der Waals surface area contributed by atoms with E-state index in [0.717, 1.165) is 11.8 Å². The molecule has 0 saturated heterocycles. The Hall–Kier alpha value is -3.77. The number of esters is 1. The third-order valence-corrected chi connectivity index (χ3v) is 5.52. The number of allylic oxidation sites excluding steroid dienone is 2. The summed E-state index contributed by atoms with van der Waals surface area (Å²) < 4.78 is 23.7. The van der Waals surface area contributed by atoms with E-state index in [1.165, 1.54) is 36.6 Å². The van der Waals surface area contributed by atoms with Crippen molar-refractivity contribution >= 4 is 29.3 Å². The van der Waals surface area contributed by atoms with Gasteiger partial charge in [0, 0.05) is 11.4 Å². The molecular formula is C23H20FN3O4S. The minimum Gasteiger partial charge on any atom is -0.468 e. The Bertz CT molecular complexity index is 1120. The molecule has 1 aliphatic rings. The van der Waals surface area contributed by atoms with Crippen LogP contribution in [0.3, 0.4) is 0 Å². The first-order chi connectivity index (χ1) is 15.4. The van der Waals surface area contributed by atoms with Gasteiger partial charge in [0.05, 0.1) is 40.2 Å². The van der Waals surface area contributed by atoms with Crippen molar-refractivity contribution in [3.63, 3.8) is 0 Å². The summed E-state index contributed by atoms with van der Waals surface area (Å²) in [5, 5.41) is 16.0. The Morgan fingerprint density at radius 2 is 2.12 bits per heavy atom. The van der Waals surface area contributed by atoms with Crippen LogP contribution in [0.1, 0.15) is 18.6 Å². The summed E-state index contributed by atoms with van der Waals surface area (Å²) in [6.07, 6.45) is 2.91. The Labute approximate surface area is 188 Å². The zero-order valence-electron chi connectivity index (χ0n) is 17.2. The van der Waals surface area contributed by atoms with E-state index in [0.29, 0.717) is 22.2 Å². The fourth-order valence-electron chi connectivity index (χ4n) is 3.12.